The van der Waals surface area contributed by atoms with Gasteiger partial charge in [-0.2, -0.15) is 0 Å². The minimum absolute atomic E-state index is 0.0383. The lowest BCUT2D eigenvalue weighted by molar-refractivity contribution is -0.278. The molecule has 160 valence electrons. The van der Waals surface area contributed by atoms with Gasteiger partial charge in [0.05, 0.1) is 5.56 Å². The molecule has 1 aliphatic rings. The molecule has 2 aromatic rings. The number of aliphatic hydroxyl groups is 3. The van der Waals surface area contributed by atoms with Gasteiger partial charge < -0.3 is 34.6 Å². The van der Waals surface area contributed by atoms with Crippen molar-refractivity contribution in [2.75, 3.05) is 0 Å². The summed E-state index contributed by atoms with van der Waals surface area (Å²) < 4.78 is 28.5. The van der Waals surface area contributed by atoms with E-state index in [4.69, 9.17) is 19.3 Å². The molecule has 30 heavy (non-hydrogen) atoms. The standard InChI is InChI=1S/C20H19FO9/c21-12-3-1-2-10(8-12)9-28-13-6-4-11(5-7-13)19(27)30-20-16(24)14(22)15(23)17(29-20)18(25)26/h1-8,14-17,20,22-24H,9H2,(H,25,26)/t14-,15-,16+,17-,20-/m0/s1. The number of esters is 1. The molecule has 4 N–H and O–H groups in total. The minimum Gasteiger partial charge on any atom is -0.489 e. The van der Waals surface area contributed by atoms with Crippen LogP contribution < -0.4 is 4.74 Å². The molecule has 0 radical (unpaired) electrons. The Bertz CT molecular complexity index is 901. The summed E-state index contributed by atoms with van der Waals surface area (Å²) in [4.78, 5) is 23.3. The molecule has 10 heteroatoms. The van der Waals surface area contributed by atoms with Crippen molar-refractivity contribution in [3.05, 3.63) is 65.5 Å². The van der Waals surface area contributed by atoms with E-state index in [0.29, 0.717) is 11.3 Å². The van der Waals surface area contributed by atoms with E-state index in [1.165, 1.54) is 36.4 Å². The van der Waals surface area contributed by atoms with E-state index in [1.54, 1.807) is 12.1 Å². The number of rotatable bonds is 6. The highest BCUT2D eigenvalue weighted by molar-refractivity contribution is 5.89. The fraction of sp³-hybridized carbons (Fsp3) is 0.300. The lowest BCUT2D eigenvalue weighted by Crippen LogP contribution is -2.60. The maximum atomic E-state index is 13.2. The first kappa shape index (κ1) is 21.7. The Balaban J connectivity index is 1.60. The monoisotopic (exact) mass is 422 g/mol. The van der Waals surface area contributed by atoms with Gasteiger partial charge in [-0.25, -0.2) is 14.0 Å². The molecule has 2 aromatic carbocycles. The summed E-state index contributed by atoms with van der Waals surface area (Å²) in [5.74, 6) is -2.53. The van der Waals surface area contributed by atoms with Crippen LogP contribution in [0.3, 0.4) is 0 Å². The molecule has 3 rings (SSSR count). The van der Waals surface area contributed by atoms with E-state index >= 15 is 0 Å². The highest BCUT2D eigenvalue weighted by Crippen LogP contribution is 2.24. The molecule has 0 spiro atoms. The van der Waals surface area contributed by atoms with Crippen LogP contribution in [0.1, 0.15) is 15.9 Å². The topological polar surface area (TPSA) is 143 Å². The van der Waals surface area contributed by atoms with E-state index in [2.05, 4.69) is 0 Å². The zero-order chi connectivity index (χ0) is 21.8. The first-order valence-corrected chi connectivity index (χ1v) is 8.87. The SMILES string of the molecule is O=C(O[C@@H]1O[C@H](C(=O)O)[C@@H](O)[C@H](O)[C@H]1O)c1ccc(OCc2cccc(F)c2)cc1. The van der Waals surface area contributed by atoms with Crippen molar-refractivity contribution in [1.29, 1.82) is 0 Å². The quantitative estimate of drug-likeness (QED) is 0.488. The molecule has 0 unspecified atom stereocenters. The average molecular weight is 422 g/mol. The number of carboxylic acids is 1. The smallest absolute Gasteiger partial charge is 0.340 e. The molecule has 0 saturated carbocycles. The predicted octanol–water partition coefficient (Wildman–Crippen LogP) is 0.454. The fourth-order valence-corrected chi connectivity index (χ4v) is 2.80. The average Bonchev–Trinajstić information content (AvgIpc) is 2.72. The van der Waals surface area contributed by atoms with Crippen LogP contribution in [0.4, 0.5) is 4.39 Å². The third kappa shape index (κ3) is 4.92. The molecule has 1 aliphatic heterocycles. The second kappa shape index (κ2) is 9.18. The van der Waals surface area contributed by atoms with E-state index in [0.717, 1.165) is 0 Å². The van der Waals surface area contributed by atoms with E-state index in [9.17, 15) is 29.3 Å². The molecule has 1 fully saturated rings. The highest BCUT2D eigenvalue weighted by Gasteiger charge is 2.48. The molecular weight excluding hydrogens is 403 g/mol. The summed E-state index contributed by atoms with van der Waals surface area (Å²) in [5, 5.41) is 38.3. The van der Waals surface area contributed by atoms with Gasteiger partial charge in [-0.15, -0.1) is 0 Å². The normalized spacial score (nSPS) is 26.1. The van der Waals surface area contributed by atoms with Crippen LogP contribution in [0.15, 0.2) is 48.5 Å². The van der Waals surface area contributed by atoms with Gasteiger partial charge in [0.25, 0.3) is 0 Å². The summed E-state index contributed by atoms with van der Waals surface area (Å²) >= 11 is 0. The largest absolute Gasteiger partial charge is 0.489 e. The third-order valence-corrected chi connectivity index (χ3v) is 4.42. The number of aliphatic carboxylic acids is 1. The molecule has 0 aliphatic carbocycles. The molecule has 1 saturated heterocycles. The summed E-state index contributed by atoms with van der Waals surface area (Å²) in [5.41, 5.74) is 0.659. The van der Waals surface area contributed by atoms with Crippen LogP contribution in [0.2, 0.25) is 0 Å². The number of benzene rings is 2. The Morgan fingerprint density at radius 1 is 1.00 bits per heavy atom. The van der Waals surface area contributed by atoms with E-state index in [1.807, 2.05) is 0 Å². The number of halogens is 1. The summed E-state index contributed by atoms with van der Waals surface area (Å²) in [6, 6.07) is 11.5. The Hall–Kier alpha value is -3.05. The van der Waals surface area contributed by atoms with Crippen molar-refractivity contribution in [1.82, 2.24) is 0 Å². The van der Waals surface area contributed by atoms with Crippen molar-refractivity contribution >= 4 is 11.9 Å². The lowest BCUT2D eigenvalue weighted by Gasteiger charge is -2.37. The van der Waals surface area contributed by atoms with Gasteiger partial charge in [0.1, 0.15) is 36.5 Å². The summed E-state index contributed by atoms with van der Waals surface area (Å²) in [6.45, 7) is 0.112. The zero-order valence-corrected chi connectivity index (χ0v) is 15.4. The first-order chi connectivity index (χ1) is 14.3. The third-order valence-electron chi connectivity index (χ3n) is 4.42. The molecule has 0 bridgehead atoms. The van der Waals surface area contributed by atoms with E-state index in [-0.39, 0.29) is 18.0 Å². The van der Waals surface area contributed by atoms with Gasteiger partial charge in [0.2, 0.25) is 6.29 Å². The van der Waals surface area contributed by atoms with Crippen LogP contribution in [0.25, 0.3) is 0 Å². The zero-order valence-electron chi connectivity index (χ0n) is 15.4. The Morgan fingerprint density at radius 2 is 1.70 bits per heavy atom. The van der Waals surface area contributed by atoms with Gasteiger partial charge in [-0.1, -0.05) is 12.1 Å². The van der Waals surface area contributed by atoms with Crippen LogP contribution in [0.5, 0.6) is 5.75 Å². The fourth-order valence-electron chi connectivity index (χ4n) is 2.80. The molecule has 0 amide bonds. The minimum atomic E-state index is -1.89. The highest BCUT2D eigenvalue weighted by atomic mass is 19.1. The van der Waals surface area contributed by atoms with Crippen molar-refractivity contribution in [3.63, 3.8) is 0 Å². The van der Waals surface area contributed by atoms with Crippen molar-refractivity contribution in [2.24, 2.45) is 0 Å². The summed E-state index contributed by atoms with van der Waals surface area (Å²) in [7, 11) is 0. The van der Waals surface area contributed by atoms with Crippen molar-refractivity contribution in [2.45, 2.75) is 37.3 Å². The van der Waals surface area contributed by atoms with Gasteiger partial charge in [0, 0.05) is 0 Å². The number of hydrogen-bond acceptors (Lipinski definition) is 8. The number of carboxylic acid groups (broad SMARTS) is 1. The molecule has 5 atom stereocenters. The Morgan fingerprint density at radius 3 is 2.33 bits per heavy atom. The Labute approximate surface area is 169 Å². The van der Waals surface area contributed by atoms with E-state index < -0.39 is 42.6 Å². The first-order valence-electron chi connectivity index (χ1n) is 8.87. The van der Waals surface area contributed by atoms with Crippen molar-refractivity contribution < 1.29 is 48.6 Å². The maximum absolute atomic E-state index is 13.2. The Kier molecular flexibility index (Phi) is 6.63. The molecule has 1 heterocycles. The van der Waals surface area contributed by atoms with Gasteiger partial charge in [-0.3, -0.25) is 0 Å². The van der Waals surface area contributed by atoms with Gasteiger partial charge >= 0.3 is 11.9 Å². The molecule has 0 aromatic heterocycles. The van der Waals surface area contributed by atoms with Crippen LogP contribution in [-0.4, -0.2) is 63.1 Å². The maximum Gasteiger partial charge on any atom is 0.340 e. The number of carbonyl (C=O) groups is 2. The number of carbonyl (C=O) groups excluding carboxylic acids is 1. The number of ether oxygens (including phenoxy) is 3. The lowest BCUT2D eigenvalue weighted by atomic mass is 9.99. The predicted molar refractivity (Wildman–Crippen MR) is 96.9 cm³/mol. The van der Waals surface area contributed by atoms with Crippen LogP contribution in [0, 0.1) is 5.82 Å². The molecular formula is C20H19FO9. The van der Waals surface area contributed by atoms with Crippen molar-refractivity contribution in [3.8, 4) is 5.75 Å². The number of aliphatic hydroxyl groups excluding tert-OH is 3. The van der Waals surface area contributed by atoms with Gasteiger partial charge in [0.15, 0.2) is 6.10 Å². The van der Waals surface area contributed by atoms with Gasteiger partial charge in [-0.05, 0) is 42.0 Å². The number of hydrogen-bond donors (Lipinski definition) is 4. The summed E-state index contributed by atoms with van der Waals surface area (Å²) in [6.07, 6.45) is -9.27. The second-order valence-electron chi connectivity index (χ2n) is 6.58. The van der Waals surface area contributed by atoms with Crippen LogP contribution in [-0.2, 0) is 20.9 Å². The second-order valence-corrected chi connectivity index (χ2v) is 6.58. The van der Waals surface area contributed by atoms with Crippen LogP contribution >= 0.6 is 0 Å². The molecule has 9 nitrogen and oxygen atoms in total.